The second-order valence-electron chi connectivity index (χ2n) is 6.95. The number of hydrogen-bond donors (Lipinski definition) is 1. The van der Waals surface area contributed by atoms with Crippen LogP contribution in [0, 0.1) is 35.2 Å². The van der Waals surface area contributed by atoms with Crippen LogP contribution in [-0.4, -0.2) is 17.0 Å². The predicted molar refractivity (Wildman–Crippen MR) is 90.2 cm³/mol. The number of alkyl carbamates (subject to hydrolysis) is 1. The van der Waals surface area contributed by atoms with Gasteiger partial charge in [0.2, 0.25) is 0 Å². The molecule has 150 valence electrons. The summed E-state index contributed by atoms with van der Waals surface area (Å²) in [6.07, 6.45) is 0.0876. The van der Waals surface area contributed by atoms with Gasteiger partial charge in [-0.15, -0.1) is 0 Å². The highest BCUT2D eigenvalue weighted by Gasteiger charge is 2.44. The molecule has 2 fully saturated rings. The molecule has 1 aromatic carbocycles. The molecule has 0 spiro atoms. The molecule has 1 N–H and O–H groups in total. The van der Waals surface area contributed by atoms with E-state index in [1.165, 1.54) is 12.4 Å². The number of nitrogens with zero attached hydrogens (tertiary/aromatic N) is 1. The summed E-state index contributed by atoms with van der Waals surface area (Å²) in [5, 5.41) is 2.47. The molecule has 1 aliphatic carbocycles. The molecule has 9 heteroatoms. The molecule has 1 amide bonds. The lowest BCUT2D eigenvalue weighted by Gasteiger charge is -2.31. The first-order chi connectivity index (χ1) is 13.7. The number of carbonyl (C=O) groups excluding carboxylic acids is 1. The van der Waals surface area contributed by atoms with Gasteiger partial charge in [0.1, 0.15) is 6.04 Å². The van der Waals surface area contributed by atoms with Crippen LogP contribution < -0.4 is 5.32 Å². The molecule has 1 aliphatic heterocycles. The second-order valence-corrected chi connectivity index (χ2v) is 6.95. The molecule has 1 saturated heterocycles. The number of benzene rings is 1. The third-order valence-corrected chi connectivity index (χ3v) is 4.81. The summed E-state index contributed by atoms with van der Waals surface area (Å²) in [5.41, 5.74) is 0.458. The summed E-state index contributed by atoms with van der Waals surface area (Å²) < 4.78 is 71.9. The van der Waals surface area contributed by atoms with E-state index in [2.05, 4.69) is 22.1 Å². The minimum absolute atomic E-state index is 0.295. The van der Waals surface area contributed by atoms with Crippen molar-refractivity contribution in [1.82, 2.24) is 10.3 Å². The molecule has 2 aromatic rings. The Morgan fingerprint density at radius 1 is 1.14 bits per heavy atom. The van der Waals surface area contributed by atoms with E-state index >= 15 is 0 Å². The number of pyridine rings is 1. The van der Waals surface area contributed by atoms with Crippen LogP contribution in [0.25, 0.3) is 0 Å². The summed E-state index contributed by atoms with van der Waals surface area (Å²) in [4.78, 5) is 15.7. The number of nitrogens with one attached hydrogen (secondary N) is 1. The van der Waals surface area contributed by atoms with Crippen molar-refractivity contribution in [2.24, 2.45) is 5.92 Å². The summed E-state index contributed by atoms with van der Waals surface area (Å²) in [6.45, 7) is 0. The first-order valence-corrected chi connectivity index (χ1v) is 8.68. The molecular weight excluding hydrogens is 395 g/mol. The van der Waals surface area contributed by atoms with Gasteiger partial charge in [0, 0.05) is 42.3 Å². The Balaban J connectivity index is 1.61. The van der Waals surface area contributed by atoms with Gasteiger partial charge >= 0.3 is 6.09 Å². The normalized spacial score (nSPS) is 22.9. The number of rotatable bonds is 2. The van der Waals surface area contributed by atoms with Gasteiger partial charge in [-0.3, -0.25) is 4.98 Å². The molecule has 4 rings (SSSR count). The molecular formula is C20H13F5N2O2. The molecule has 0 bridgehead atoms. The van der Waals surface area contributed by atoms with E-state index in [0.717, 1.165) is 12.1 Å². The highest BCUT2D eigenvalue weighted by molar-refractivity contribution is 5.71. The second kappa shape index (κ2) is 7.03. The van der Waals surface area contributed by atoms with Gasteiger partial charge in [-0.1, -0.05) is 11.8 Å². The third kappa shape index (κ3) is 3.75. The van der Waals surface area contributed by atoms with Crippen LogP contribution in [0.2, 0.25) is 0 Å². The molecule has 1 saturated carbocycles. The van der Waals surface area contributed by atoms with Gasteiger partial charge in [0.15, 0.2) is 23.6 Å². The van der Waals surface area contributed by atoms with E-state index in [1.807, 2.05) is 0 Å². The van der Waals surface area contributed by atoms with Gasteiger partial charge < -0.3 is 10.1 Å². The topological polar surface area (TPSA) is 51.2 Å². The smallest absolute Gasteiger partial charge is 0.408 e. The Kier molecular flexibility index (Phi) is 4.65. The standard InChI is InChI=1S/C20H13F5N2O2/c21-14-4-3-13(15(22)16(14)23)18-17(27-19(28)29-18)12-5-10(8-26-9-12)1-2-11-6-20(24,25)7-11/h3-5,8-9,11,17-18H,6-7H2,(H,27,28)/t17-,18-/m1/s1. The number of cyclic esters (lactones) is 1. The molecule has 1 aromatic heterocycles. The first kappa shape index (κ1) is 19.2. The highest BCUT2D eigenvalue weighted by Crippen LogP contribution is 2.42. The quantitative estimate of drug-likeness (QED) is 0.455. The lowest BCUT2D eigenvalue weighted by Crippen LogP contribution is -2.34. The van der Waals surface area contributed by atoms with Crippen molar-refractivity contribution in [3.05, 3.63) is 64.7 Å². The van der Waals surface area contributed by atoms with Gasteiger partial charge in [-0.05, 0) is 23.8 Å². The zero-order valence-electron chi connectivity index (χ0n) is 14.7. The van der Waals surface area contributed by atoms with E-state index in [1.54, 1.807) is 6.07 Å². The number of ether oxygens (including phenoxy) is 1. The van der Waals surface area contributed by atoms with Crippen molar-refractivity contribution in [2.45, 2.75) is 30.9 Å². The summed E-state index contributed by atoms with van der Waals surface area (Å²) in [7, 11) is 0. The van der Waals surface area contributed by atoms with Gasteiger partial charge in [-0.25, -0.2) is 26.7 Å². The minimum atomic E-state index is -2.67. The lowest BCUT2D eigenvalue weighted by atomic mass is 9.82. The Labute approximate surface area is 162 Å². The number of alkyl halides is 2. The first-order valence-electron chi connectivity index (χ1n) is 8.68. The minimum Gasteiger partial charge on any atom is -0.439 e. The average molecular weight is 408 g/mol. The molecule has 4 nitrogen and oxygen atoms in total. The van der Waals surface area contributed by atoms with E-state index < -0.39 is 47.5 Å². The van der Waals surface area contributed by atoms with Crippen LogP contribution in [0.1, 0.15) is 41.7 Å². The Bertz CT molecular complexity index is 1040. The molecule has 2 heterocycles. The Morgan fingerprint density at radius 3 is 2.62 bits per heavy atom. The van der Waals surface area contributed by atoms with Crippen LogP contribution >= 0.6 is 0 Å². The number of halogens is 5. The fourth-order valence-electron chi connectivity index (χ4n) is 3.33. The number of hydrogen-bond acceptors (Lipinski definition) is 3. The van der Waals surface area contributed by atoms with Crippen LogP contribution in [0.3, 0.4) is 0 Å². The van der Waals surface area contributed by atoms with Crippen LogP contribution in [0.4, 0.5) is 26.7 Å². The predicted octanol–water partition coefficient (Wildman–Crippen LogP) is 4.42. The number of carbonyl (C=O) groups is 1. The van der Waals surface area contributed by atoms with E-state index in [9.17, 15) is 26.7 Å². The fourth-order valence-corrected chi connectivity index (χ4v) is 3.33. The van der Waals surface area contributed by atoms with Crippen molar-refractivity contribution in [1.29, 1.82) is 0 Å². The molecule has 0 unspecified atom stereocenters. The molecule has 29 heavy (non-hydrogen) atoms. The van der Waals surface area contributed by atoms with Crippen LogP contribution in [-0.2, 0) is 4.74 Å². The SMILES string of the molecule is O=C1N[C@H](c2cncc(C#CC3CC(F)(F)C3)c2)[C@@H](c2ccc(F)c(F)c2F)O1. The summed E-state index contributed by atoms with van der Waals surface area (Å²) in [5.74, 6) is -2.06. The summed E-state index contributed by atoms with van der Waals surface area (Å²) in [6, 6.07) is 2.36. The van der Waals surface area contributed by atoms with Crippen LogP contribution in [0.5, 0.6) is 0 Å². The maximum Gasteiger partial charge on any atom is 0.408 e. The van der Waals surface area contributed by atoms with Crippen molar-refractivity contribution in [2.75, 3.05) is 0 Å². The maximum absolute atomic E-state index is 14.2. The molecule has 2 atom stereocenters. The fraction of sp³-hybridized carbons (Fsp3) is 0.300. The summed E-state index contributed by atoms with van der Waals surface area (Å²) >= 11 is 0. The van der Waals surface area contributed by atoms with Crippen molar-refractivity contribution in [3.8, 4) is 11.8 Å². The number of amides is 1. The van der Waals surface area contributed by atoms with Crippen molar-refractivity contribution < 1.29 is 31.5 Å². The van der Waals surface area contributed by atoms with E-state index in [-0.39, 0.29) is 18.4 Å². The maximum atomic E-state index is 14.2. The highest BCUT2D eigenvalue weighted by atomic mass is 19.3. The van der Waals surface area contributed by atoms with Crippen molar-refractivity contribution in [3.63, 3.8) is 0 Å². The molecule has 0 radical (unpaired) electrons. The Hall–Kier alpha value is -3.15. The monoisotopic (exact) mass is 408 g/mol. The lowest BCUT2D eigenvalue weighted by molar-refractivity contribution is -0.0936. The van der Waals surface area contributed by atoms with Gasteiger partial charge in [0.05, 0.1) is 0 Å². The third-order valence-electron chi connectivity index (χ3n) is 4.81. The zero-order valence-corrected chi connectivity index (χ0v) is 14.7. The molecule has 2 aliphatic rings. The van der Waals surface area contributed by atoms with E-state index in [4.69, 9.17) is 4.74 Å². The number of aromatic nitrogens is 1. The Morgan fingerprint density at radius 2 is 1.90 bits per heavy atom. The average Bonchev–Trinajstić information content (AvgIpc) is 3.04. The van der Waals surface area contributed by atoms with Gasteiger partial charge in [-0.2, -0.15) is 0 Å². The van der Waals surface area contributed by atoms with Gasteiger partial charge in [0.25, 0.3) is 5.92 Å². The zero-order chi connectivity index (χ0) is 20.8. The van der Waals surface area contributed by atoms with Crippen molar-refractivity contribution >= 4 is 6.09 Å². The van der Waals surface area contributed by atoms with E-state index in [0.29, 0.717) is 11.1 Å². The largest absolute Gasteiger partial charge is 0.439 e. The van der Waals surface area contributed by atoms with Crippen LogP contribution in [0.15, 0.2) is 30.6 Å².